The molecule has 3 aromatic carbocycles. The first kappa shape index (κ1) is 25.1. The highest BCUT2D eigenvalue weighted by molar-refractivity contribution is 7.15. The van der Waals surface area contributed by atoms with Crippen molar-refractivity contribution in [2.45, 2.75) is 6.92 Å². The highest BCUT2D eigenvalue weighted by atomic mass is 32.1. The second-order valence-electron chi connectivity index (χ2n) is 9.03. The number of aromatic nitrogens is 5. The first-order valence-corrected chi connectivity index (χ1v) is 13.3. The van der Waals surface area contributed by atoms with Gasteiger partial charge in [-0.3, -0.25) is 9.59 Å². The van der Waals surface area contributed by atoms with E-state index in [9.17, 15) is 9.59 Å². The number of rotatable bonds is 7. The van der Waals surface area contributed by atoms with E-state index in [0.717, 1.165) is 39.5 Å². The fourth-order valence-electron chi connectivity index (χ4n) is 4.39. The lowest BCUT2D eigenvalue weighted by atomic mass is 10.0. The molecule has 0 N–H and O–H groups in total. The fourth-order valence-corrected chi connectivity index (χ4v) is 5.28. The van der Waals surface area contributed by atoms with E-state index < -0.39 is 5.56 Å². The molecule has 40 heavy (non-hydrogen) atoms. The third-order valence-electron chi connectivity index (χ3n) is 6.30. The van der Waals surface area contributed by atoms with E-state index in [1.54, 1.807) is 29.0 Å². The lowest BCUT2D eigenvalue weighted by molar-refractivity contribution is 0.363. The van der Waals surface area contributed by atoms with Crippen LogP contribution in [-0.4, -0.2) is 31.0 Å². The topological polar surface area (TPSA) is 91.4 Å². The summed E-state index contributed by atoms with van der Waals surface area (Å²) in [6, 6.07) is 24.5. The minimum absolute atomic E-state index is 0.131. The molecule has 0 unspecified atom stereocenters. The number of para-hydroxylation sites is 1. The molecule has 196 valence electrons. The van der Waals surface area contributed by atoms with Crippen LogP contribution in [0.5, 0.6) is 5.75 Å². The van der Waals surface area contributed by atoms with Crippen LogP contribution in [0.3, 0.4) is 0 Å². The normalized spacial score (nSPS) is 11.7. The lowest BCUT2D eigenvalue weighted by Crippen LogP contribution is -2.26. The minimum Gasteiger partial charge on any atom is -0.490 e. The number of thiazole rings is 1. The van der Waals surface area contributed by atoms with Gasteiger partial charge in [0.2, 0.25) is 4.96 Å². The molecule has 0 amide bonds. The van der Waals surface area contributed by atoms with Crippen molar-refractivity contribution in [3.8, 4) is 34.0 Å². The molecular formula is C31H23N5O3S. The fraction of sp³-hybridized carbons (Fsp3) is 0.0645. The quantitative estimate of drug-likeness (QED) is 0.275. The van der Waals surface area contributed by atoms with Gasteiger partial charge < -0.3 is 4.74 Å². The standard InChI is InChI=1S/C31H23N5O3S/c1-3-16-39-24-14-15-25(20(2)17-24)27-22(19-35(33-27)23-12-8-5-9-13-23)18-26-30(38)36-31(40-26)32-29(37)28(34-36)21-10-6-4-7-11-21/h3-15,17-19H,1,16H2,2H3. The molecule has 0 aliphatic carbocycles. The predicted molar refractivity (Wildman–Crippen MR) is 157 cm³/mol. The van der Waals surface area contributed by atoms with Crippen LogP contribution < -0.4 is 20.4 Å². The summed E-state index contributed by atoms with van der Waals surface area (Å²) >= 11 is 1.12. The minimum atomic E-state index is -0.481. The number of hydrogen-bond acceptors (Lipinski definition) is 7. The summed E-state index contributed by atoms with van der Waals surface area (Å²) in [4.78, 5) is 30.6. The number of hydrogen-bond donors (Lipinski definition) is 0. The van der Waals surface area contributed by atoms with Gasteiger partial charge >= 0.3 is 5.56 Å². The number of ether oxygens (including phenoxy) is 1. The van der Waals surface area contributed by atoms with Gasteiger partial charge in [-0.1, -0.05) is 72.5 Å². The summed E-state index contributed by atoms with van der Waals surface area (Å²) in [5.74, 6) is 0.733. The Morgan fingerprint density at radius 1 is 0.950 bits per heavy atom. The average Bonchev–Trinajstić information content (AvgIpc) is 3.52. The number of aryl methyl sites for hydroxylation is 1. The smallest absolute Gasteiger partial charge is 0.300 e. The summed E-state index contributed by atoms with van der Waals surface area (Å²) in [5, 5.41) is 9.26. The van der Waals surface area contributed by atoms with Crippen LogP contribution in [0.25, 0.3) is 39.2 Å². The maximum absolute atomic E-state index is 13.5. The van der Waals surface area contributed by atoms with Crippen molar-refractivity contribution in [1.82, 2.24) is 24.4 Å². The molecule has 0 fully saturated rings. The first-order valence-electron chi connectivity index (χ1n) is 12.5. The number of nitrogens with zero attached hydrogens (tertiary/aromatic N) is 5. The number of benzene rings is 3. The van der Waals surface area contributed by atoms with Gasteiger partial charge in [0.25, 0.3) is 5.56 Å². The molecule has 6 rings (SSSR count). The molecule has 9 heteroatoms. The zero-order chi connectivity index (χ0) is 27.6. The Labute approximate surface area is 232 Å². The number of fused-ring (bicyclic) bond motifs is 1. The Balaban J connectivity index is 1.52. The van der Waals surface area contributed by atoms with Gasteiger partial charge in [0, 0.05) is 22.9 Å². The Kier molecular flexibility index (Phi) is 6.63. The van der Waals surface area contributed by atoms with E-state index in [1.807, 2.05) is 79.9 Å². The van der Waals surface area contributed by atoms with E-state index in [2.05, 4.69) is 16.7 Å². The molecule has 0 bridgehead atoms. The molecule has 0 aliphatic heterocycles. The second-order valence-corrected chi connectivity index (χ2v) is 10.0. The summed E-state index contributed by atoms with van der Waals surface area (Å²) in [5.41, 5.74) is 4.09. The van der Waals surface area contributed by atoms with E-state index >= 15 is 0 Å². The van der Waals surface area contributed by atoms with Crippen molar-refractivity contribution in [2.75, 3.05) is 6.61 Å². The Bertz CT molecular complexity index is 2030. The van der Waals surface area contributed by atoms with Gasteiger partial charge in [-0.25, -0.2) is 4.68 Å². The van der Waals surface area contributed by atoms with Crippen LogP contribution in [0, 0.1) is 6.92 Å². The highest BCUT2D eigenvalue weighted by Crippen LogP contribution is 2.30. The third kappa shape index (κ3) is 4.74. The van der Waals surface area contributed by atoms with Crippen LogP contribution >= 0.6 is 11.3 Å². The molecule has 0 atom stereocenters. The van der Waals surface area contributed by atoms with Crippen LogP contribution in [0.2, 0.25) is 0 Å². The van der Waals surface area contributed by atoms with Crippen LogP contribution in [-0.2, 0) is 0 Å². The third-order valence-corrected chi connectivity index (χ3v) is 7.26. The molecule has 6 aromatic rings. The van der Waals surface area contributed by atoms with E-state index in [-0.39, 0.29) is 16.2 Å². The van der Waals surface area contributed by atoms with Crippen LogP contribution in [0.1, 0.15) is 11.1 Å². The van der Waals surface area contributed by atoms with E-state index in [4.69, 9.17) is 9.84 Å². The van der Waals surface area contributed by atoms with E-state index in [0.29, 0.717) is 22.4 Å². The van der Waals surface area contributed by atoms with Gasteiger partial charge in [-0.05, 0) is 48.9 Å². The molecule has 0 aliphatic rings. The van der Waals surface area contributed by atoms with Crippen molar-refractivity contribution in [3.05, 3.63) is 134 Å². The molecule has 0 spiro atoms. The molecule has 0 radical (unpaired) electrons. The van der Waals surface area contributed by atoms with E-state index in [1.165, 1.54) is 4.52 Å². The molecule has 0 saturated carbocycles. The predicted octanol–water partition coefficient (Wildman–Crippen LogP) is 4.45. The van der Waals surface area contributed by atoms with Gasteiger partial charge in [0.15, 0.2) is 5.69 Å². The van der Waals surface area contributed by atoms with Gasteiger partial charge in [0.1, 0.15) is 18.1 Å². The van der Waals surface area contributed by atoms with Crippen molar-refractivity contribution < 1.29 is 4.74 Å². The summed E-state index contributed by atoms with van der Waals surface area (Å²) in [6.45, 7) is 6.10. The molecular weight excluding hydrogens is 522 g/mol. The Morgan fingerprint density at radius 2 is 1.70 bits per heavy atom. The van der Waals surface area contributed by atoms with Crippen molar-refractivity contribution in [3.63, 3.8) is 0 Å². The maximum atomic E-state index is 13.5. The molecule has 8 nitrogen and oxygen atoms in total. The zero-order valence-corrected chi connectivity index (χ0v) is 22.3. The summed E-state index contributed by atoms with van der Waals surface area (Å²) in [6.07, 6.45) is 5.36. The second kappa shape index (κ2) is 10.5. The Hall–Kier alpha value is -5.15. The first-order chi connectivity index (χ1) is 19.5. The molecule has 3 heterocycles. The summed E-state index contributed by atoms with van der Waals surface area (Å²) < 4.78 is 9.06. The molecule has 3 aromatic heterocycles. The zero-order valence-electron chi connectivity index (χ0n) is 21.5. The van der Waals surface area contributed by atoms with Crippen LogP contribution in [0.4, 0.5) is 0 Å². The highest BCUT2D eigenvalue weighted by Gasteiger charge is 2.16. The van der Waals surface area contributed by atoms with Gasteiger partial charge in [-0.15, -0.1) is 0 Å². The SMILES string of the molecule is C=CCOc1ccc(-c2nn(-c3ccccc3)cc2C=c2sc3nc(=O)c(-c4ccccc4)nn3c2=O)c(C)c1. The van der Waals surface area contributed by atoms with Crippen molar-refractivity contribution in [1.29, 1.82) is 0 Å². The van der Waals surface area contributed by atoms with Gasteiger partial charge in [-0.2, -0.15) is 19.7 Å². The van der Waals surface area contributed by atoms with Crippen LogP contribution in [0.15, 0.2) is 107 Å². The molecule has 0 saturated heterocycles. The monoisotopic (exact) mass is 545 g/mol. The van der Waals surface area contributed by atoms with Crippen molar-refractivity contribution >= 4 is 22.4 Å². The maximum Gasteiger partial charge on any atom is 0.300 e. The average molecular weight is 546 g/mol. The van der Waals surface area contributed by atoms with Gasteiger partial charge in [0.05, 0.1) is 10.2 Å². The Morgan fingerprint density at radius 3 is 2.42 bits per heavy atom. The van der Waals surface area contributed by atoms with Crippen molar-refractivity contribution in [2.24, 2.45) is 0 Å². The largest absolute Gasteiger partial charge is 0.490 e. The summed E-state index contributed by atoms with van der Waals surface area (Å²) in [7, 11) is 0. The lowest BCUT2D eigenvalue weighted by Gasteiger charge is -2.08.